The maximum Gasteiger partial charge on any atom is 0.254 e. The second-order valence-corrected chi connectivity index (χ2v) is 8.01. The van der Waals surface area contributed by atoms with Crippen LogP contribution in [-0.4, -0.2) is 61.1 Å². The van der Waals surface area contributed by atoms with Crippen LogP contribution in [0.5, 0.6) is 0 Å². The lowest BCUT2D eigenvalue weighted by molar-refractivity contribution is 0.0674. The summed E-state index contributed by atoms with van der Waals surface area (Å²) in [4.78, 5) is 17.2. The number of nitrogens with one attached hydrogen (secondary N) is 1. The molecule has 2 fully saturated rings. The lowest BCUT2D eigenvalue weighted by Crippen LogP contribution is -2.46. The molecular formula is C21H30FN3O. The molecular weight excluding hydrogens is 329 g/mol. The van der Waals surface area contributed by atoms with Crippen LogP contribution in [0.4, 0.5) is 4.39 Å². The highest BCUT2D eigenvalue weighted by Gasteiger charge is 2.34. The number of piperidine rings is 2. The fraction of sp³-hybridized carbons (Fsp3) is 0.667. The molecule has 3 aliphatic heterocycles. The zero-order chi connectivity index (χ0) is 17.9. The van der Waals surface area contributed by atoms with Crippen molar-refractivity contribution in [3.63, 3.8) is 0 Å². The largest absolute Gasteiger partial charge is 0.330 e. The molecule has 1 atom stereocenters. The zero-order valence-corrected chi connectivity index (χ0v) is 15.6. The van der Waals surface area contributed by atoms with Crippen LogP contribution in [0, 0.1) is 0 Å². The first-order chi connectivity index (χ1) is 12.8. The van der Waals surface area contributed by atoms with Gasteiger partial charge in [-0.25, -0.2) is 0 Å². The van der Waals surface area contributed by atoms with Gasteiger partial charge in [-0.2, -0.15) is 0 Å². The third-order valence-electron chi connectivity index (χ3n) is 6.34. The van der Waals surface area contributed by atoms with Crippen LogP contribution in [0.3, 0.4) is 0 Å². The Balaban J connectivity index is 1.41. The van der Waals surface area contributed by atoms with Gasteiger partial charge in [0, 0.05) is 31.2 Å². The summed E-state index contributed by atoms with van der Waals surface area (Å²) >= 11 is 0. The number of nitrogens with zero attached hydrogens (tertiary/aromatic N) is 2. The molecule has 142 valence electrons. The summed E-state index contributed by atoms with van der Waals surface area (Å²) in [6.07, 6.45) is 5.18. The Hall–Kier alpha value is -1.46. The van der Waals surface area contributed by atoms with Crippen LogP contribution >= 0.6 is 0 Å². The number of alkyl halides is 1. The van der Waals surface area contributed by atoms with Gasteiger partial charge < -0.3 is 15.1 Å². The second kappa shape index (κ2) is 8.05. The van der Waals surface area contributed by atoms with E-state index in [1.54, 1.807) is 0 Å². The minimum absolute atomic E-state index is 0.210. The summed E-state index contributed by atoms with van der Waals surface area (Å²) in [6, 6.07) is 6.84. The van der Waals surface area contributed by atoms with E-state index < -0.39 is 0 Å². The minimum atomic E-state index is -0.216. The summed E-state index contributed by atoms with van der Waals surface area (Å²) < 4.78 is 12.4. The fourth-order valence-corrected chi connectivity index (χ4v) is 4.78. The number of fused-ring (bicyclic) bond motifs is 1. The van der Waals surface area contributed by atoms with Crippen LogP contribution in [0.1, 0.15) is 59.5 Å². The van der Waals surface area contributed by atoms with Crippen molar-refractivity contribution in [3.05, 3.63) is 34.9 Å². The van der Waals surface area contributed by atoms with Crippen molar-refractivity contribution in [3.8, 4) is 0 Å². The van der Waals surface area contributed by atoms with E-state index in [0.717, 1.165) is 70.5 Å². The second-order valence-electron chi connectivity index (χ2n) is 8.01. The van der Waals surface area contributed by atoms with Gasteiger partial charge >= 0.3 is 0 Å². The summed E-state index contributed by atoms with van der Waals surface area (Å²) in [6.45, 7) is 5.53. The van der Waals surface area contributed by atoms with Crippen LogP contribution in [0.25, 0.3) is 0 Å². The van der Waals surface area contributed by atoms with E-state index >= 15 is 0 Å². The molecule has 4 nitrogen and oxygen atoms in total. The van der Waals surface area contributed by atoms with Crippen molar-refractivity contribution in [1.82, 2.24) is 15.1 Å². The van der Waals surface area contributed by atoms with Crippen LogP contribution in [0.15, 0.2) is 18.2 Å². The Morgan fingerprint density at radius 3 is 2.77 bits per heavy atom. The molecule has 26 heavy (non-hydrogen) atoms. The highest BCUT2D eigenvalue weighted by atomic mass is 19.1. The molecule has 3 heterocycles. The van der Waals surface area contributed by atoms with Gasteiger partial charge in [-0.1, -0.05) is 12.1 Å². The highest BCUT2D eigenvalue weighted by Crippen LogP contribution is 2.33. The minimum Gasteiger partial charge on any atom is -0.330 e. The molecule has 0 aliphatic carbocycles. The number of carbonyl (C=O) groups is 1. The average Bonchev–Trinajstić information content (AvgIpc) is 3.03. The molecule has 2 saturated heterocycles. The first kappa shape index (κ1) is 17.9. The summed E-state index contributed by atoms with van der Waals surface area (Å²) in [7, 11) is 0. The van der Waals surface area contributed by atoms with E-state index in [0.29, 0.717) is 18.4 Å². The van der Waals surface area contributed by atoms with Crippen molar-refractivity contribution >= 4 is 5.91 Å². The molecule has 4 rings (SSSR count). The summed E-state index contributed by atoms with van der Waals surface area (Å²) in [5.74, 6) is 0.781. The lowest BCUT2D eigenvalue weighted by atomic mass is 9.88. The number of rotatable bonds is 5. The molecule has 1 unspecified atom stereocenters. The van der Waals surface area contributed by atoms with Crippen LogP contribution in [-0.2, 0) is 6.54 Å². The van der Waals surface area contributed by atoms with Gasteiger partial charge in [0.15, 0.2) is 0 Å². The van der Waals surface area contributed by atoms with Crippen molar-refractivity contribution in [2.45, 2.75) is 50.6 Å². The zero-order valence-electron chi connectivity index (χ0n) is 15.6. The predicted octanol–water partition coefficient (Wildman–Crippen LogP) is 2.93. The molecule has 0 spiro atoms. The molecule has 1 aromatic rings. The molecule has 1 aromatic carbocycles. The Morgan fingerprint density at radius 2 is 2.04 bits per heavy atom. The molecule has 0 bridgehead atoms. The topological polar surface area (TPSA) is 35.6 Å². The highest BCUT2D eigenvalue weighted by molar-refractivity contribution is 5.98. The molecule has 0 aromatic heterocycles. The van der Waals surface area contributed by atoms with Crippen molar-refractivity contribution in [2.24, 2.45) is 0 Å². The van der Waals surface area contributed by atoms with E-state index in [1.165, 1.54) is 11.1 Å². The van der Waals surface area contributed by atoms with Gasteiger partial charge in [-0.05, 0) is 74.8 Å². The molecule has 3 aliphatic rings. The fourth-order valence-electron chi connectivity index (χ4n) is 4.78. The third kappa shape index (κ3) is 3.65. The van der Waals surface area contributed by atoms with Crippen LogP contribution < -0.4 is 5.32 Å². The SMILES string of the molecule is O=C1c2ccc(C3CCN(CCCF)CC3)cc2CN1C1CCCNC1. The molecule has 0 radical (unpaired) electrons. The number of amides is 1. The van der Waals surface area contributed by atoms with E-state index in [2.05, 4.69) is 33.3 Å². The van der Waals surface area contributed by atoms with Crippen LogP contribution in [0.2, 0.25) is 0 Å². The Labute approximate surface area is 155 Å². The van der Waals surface area contributed by atoms with Crippen molar-refractivity contribution < 1.29 is 9.18 Å². The van der Waals surface area contributed by atoms with Crippen molar-refractivity contribution in [1.29, 1.82) is 0 Å². The quantitative estimate of drug-likeness (QED) is 0.878. The third-order valence-corrected chi connectivity index (χ3v) is 6.34. The summed E-state index contributed by atoms with van der Waals surface area (Å²) in [5, 5.41) is 3.42. The van der Waals surface area contributed by atoms with E-state index in [-0.39, 0.29) is 12.6 Å². The maximum atomic E-state index is 12.8. The number of halogens is 1. The molecule has 0 saturated carbocycles. The maximum absolute atomic E-state index is 12.8. The number of likely N-dealkylation sites (tertiary alicyclic amines) is 1. The average molecular weight is 359 g/mol. The van der Waals surface area contributed by atoms with Crippen molar-refractivity contribution in [2.75, 3.05) is 39.4 Å². The van der Waals surface area contributed by atoms with E-state index in [4.69, 9.17) is 0 Å². The number of hydrogen-bond acceptors (Lipinski definition) is 3. The number of hydrogen-bond donors (Lipinski definition) is 1. The van der Waals surface area contributed by atoms with Gasteiger partial charge in [0.05, 0.1) is 6.67 Å². The Morgan fingerprint density at radius 1 is 1.19 bits per heavy atom. The van der Waals surface area contributed by atoms with E-state index in [1.807, 2.05) is 0 Å². The Bertz CT molecular complexity index is 636. The lowest BCUT2D eigenvalue weighted by Gasteiger charge is -2.32. The standard InChI is InChI=1S/C21H30FN3O/c22-8-2-10-24-11-6-16(7-12-24)17-4-5-20-18(13-17)15-25(21(20)26)19-3-1-9-23-14-19/h4-5,13,16,19,23H,1-3,6-12,14-15H2. The predicted molar refractivity (Wildman–Crippen MR) is 101 cm³/mol. The van der Waals surface area contributed by atoms with Gasteiger partial charge in [-0.3, -0.25) is 9.18 Å². The van der Waals surface area contributed by atoms with Gasteiger partial charge in [-0.15, -0.1) is 0 Å². The Kier molecular flexibility index (Phi) is 5.55. The normalized spacial score (nSPS) is 24.9. The summed E-state index contributed by atoms with van der Waals surface area (Å²) in [5.41, 5.74) is 3.49. The first-order valence-electron chi connectivity index (χ1n) is 10.2. The number of benzene rings is 1. The molecule has 1 amide bonds. The monoisotopic (exact) mass is 359 g/mol. The van der Waals surface area contributed by atoms with Gasteiger partial charge in [0.25, 0.3) is 5.91 Å². The first-order valence-corrected chi connectivity index (χ1v) is 10.2. The molecule has 5 heteroatoms. The van der Waals surface area contributed by atoms with E-state index in [9.17, 15) is 9.18 Å². The smallest absolute Gasteiger partial charge is 0.254 e. The van der Waals surface area contributed by atoms with Gasteiger partial charge in [0.1, 0.15) is 0 Å². The van der Waals surface area contributed by atoms with Gasteiger partial charge in [0.2, 0.25) is 0 Å². The molecule has 1 N–H and O–H groups in total. The number of carbonyl (C=O) groups excluding carboxylic acids is 1.